The first kappa shape index (κ1) is 12.0. The van der Waals surface area contributed by atoms with Crippen LogP contribution < -0.4 is 5.73 Å². The molecule has 2 aromatic rings. The molecule has 0 radical (unpaired) electrons. The second-order valence-corrected chi connectivity index (χ2v) is 3.77. The molecule has 4 heteroatoms. The van der Waals surface area contributed by atoms with Gasteiger partial charge in [-0.25, -0.2) is 4.39 Å². The zero-order valence-electron chi connectivity index (χ0n) is 9.39. The van der Waals surface area contributed by atoms with Crippen molar-refractivity contribution in [2.45, 2.75) is 0 Å². The van der Waals surface area contributed by atoms with Crippen molar-refractivity contribution in [1.29, 1.82) is 0 Å². The molecule has 0 aliphatic heterocycles. The lowest BCUT2D eigenvalue weighted by atomic mass is 10.0. The van der Waals surface area contributed by atoms with E-state index in [4.69, 9.17) is 5.73 Å². The van der Waals surface area contributed by atoms with E-state index in [9.17, 15) is 14.0 Å². The van der Waals surface area contributed by atoms with Crippen LogP contribution in [0.2, 0.25) is 0 Å². The van der Waals surface area contributed by atoms with Crippen molar-refractivity contribution in [3.8, 4) is 11.1 Å². The summed E-state index contributed by atoms with van der Waals surface area (Å²) in [6.07, 6.45) is 0.708. The summed E-state index contributed by atoms with van der Waals surface area (Å²) in [5, 5.41) is 0. The Balaban J connectivity index is 2.53. The molecule has 2 N–H and O–H groups in total. The highest BCUT2D eigenvalue weighted by Crippen LogP contribution is 2.25. The van der Waals surface area contributed by atoms with Crippen LogP contribution in [0.25, 0.3) is 11.1 Å². The van der Waals surface area contributed by atoms with Crippen LogP contribution in [0.1, 0.15) is 20.7 Å². The molecule has 0 fully saturated rings. The highest BCUT2D eigenvalue weighted by Gasteiger charge is 2.13. The number of amides is 1. The first-order chi connectivity index (χ1) is 8.63. The van der Waals surface area contributed by atoms with Gasteiger partial charge < -0.3 is 5.73 Å². The maximum Gasteiger partial charge on any atom is 0.251 e. The third kappa shape index (κ3) is 2.13. The van der Waals surface area contributed by atoms with Crippen LogP contribution >= 0.6 is 0 Å². The quantitative estimate of drug-likeness (QED) is 0.841. The van der Waals surface area contributed by atoms with E-state index < -0.39 is 11.7 Å². The van der Waals surface area contributed by atoms with Crippen LogP contribution in [0.3, 0.4) is 0 Å². The molecule has 1 amide bonds. The number of hydrogen-bond acceptors (Lipinski definition) is 2. The summed E-state index contributed by atoms with van der Waals surface area (Å²) in [7, 11) is 0. The van der Waals surface area contributed by atoms with Crippen molar-refractivity contribution >= 4 is 12.2 Å². The molecule has 0 aliphatic rings. The molecule has 0 saturated carbocycles. The Morgan fingerprint density at radius 2 is 1.78 bits per heavy atom. The Kier molecular flexibility index (Phi) is 3.19. The summed E-state index contributed by atoms with van der Waals surface area (Å²) in [5.74, 6) is -1.46. The highest BCUT2D eigenvalue weighted by molar-refractivity contribution is 5.94. The SMILES string of the molecule is NC(=O)c1cccc(-c2ccc(C=O)cc2)c1F. The van der Waals surface area contributed by atoms with Gasteiger partial charge in [-0.3, -0.25) is 9.59 Å². The van der Waals surface area contributed by atoms with E-state index in [1.807, 2.05) is 0 Å². The summed E-state index contributed by atoms with van der Waals surface area (Å²) >= 11 is 0. The number of nitrogens with two attached hydrogens (primary N) is 1. The first-order valence-electron chi connectivity index (χ1n) is 5.27. The van der Waals surface area contributed by atoms with Crippen molar-refractivity contribution in [3.63, 3.8) is 0 Å². The predicted octanol–water partition coefficient (Wildman–Crippen LogP) is 2.40. The van der Waals surface area contributed by atoms with Gasteiger partial charge in [0.05, 0.1) is 5.56 Å². The van der Waals surface area contributed by atoms with Gasteiger partial charge in [0.2, 0.25) is 0 Å². The number of primary amides is 1. The van der Waals surface area contributed by atoms with Crippen molar-refractivity contribution in [3.05, 3.63) is 59.4 Å². The molecule has 0 heterocycles. The van der Waals surface area contributed by atoms with Crippen LogP contribution in [0, 0.1) is 5.82 Å². The van der Waals surface area contributed by atoms with Crippen molar-refractivity contribution in [1.82, 2.24) is 0 Å². The Bertz CT molecular complexity index is 606. The van der Waals surface area contributed by atoms with Gasteiger partial charge in [-0.2, -0.15) is 0 Å². The topological polar surface area (TPSA) is 60.2 Å². The van der Waals surface area contributed by atoms with Crippen LogP contribution in [0.4, 0.5) is 4.39 Å². The van der Waals surface area contributed by atoms with Gasteiger partial charge >= 0.3 is 0 Å². The third-order valence-electron chi connectivity index (χ3n) is 2.62. The van der Waals surface area contributed by atoms with Gasteiger partial charge in [0.15, 0.2) is 0 Å². The lowest BCUT2D eigenvalue weighted by molar-refractivity contribution is 0.0996. The van der Waals surface area contributed by atoms with Crippen molar-refractivity contribution < 1.29 is 14.0 Å². The number of rotatable bonds is 3. The zero-order chi connectivity index (χ0) is 13.1. The molecular formula is C14H10FNO2. The molecule has 3 nitrogen and oxygen atoms in total. The van der Waals surface area contributed by atoms with Crippen molar-refractivity contribution in [2.75, 3.05) is 0 Å². The van der Waals surface area contributed by atoms with E-state index in [1.54, 1.807) is 36.4 Å². The van der Waals surface area contributed by atoms with E-state index >= 15 is 0 Å². The highest BCUT2D eigenvalue weighted by atomic mass is 19.1. The van der Waals surface area contributed by atoms with E-state index in [1.165, 1.54) is 6.07 Å². The predicted molar refractivity (Wildman–Crippen MR) is 65.7 cm³/mol. The number of carbonyl (C=O) groups excluding carboxylic acids is 2. The molecule has 0 saturated heterocycles. The van der Waals surface area contributed by atoms with Gasteiger partial charge in [-0.05, 0) is 11.6 Å². The maximum absolute atomic E-state index is 14.0. The molecule has 0 unspecified atom stereocenters. The van der Waals surface area contributed by atoms with E-state index in [-0.39, 0.29) is 11.1 Å². The Hall–Kier alpha value is -2.49. The minimum Gasteiger partial charge on any atom is -0.366 e. The summed E-state index contributed by atoms with van der Waals surface area (Å²) in [6, 6.07) is 10.8. The molecular weight excluding hydrogens is 233 g/mol. The second-order valence-electron chi connectivity index (χ2n) is 3.77. The molecule has 0 aromatic heterocycles. The molecule has 0 aliphatic carbocycles. The normalized spacial score (nSPS) is 10.1. The Labute approximate surface area is 103 Å². The summed E-state index contributed by atoms with van der Waals surface area (Å²) in [6.45, 7) is 0. The Morgan fingerprint density at radius 3 is 2.33 bits per heavy atom. The minimum absolute atomic E-state index is 0.146. The van der Waals surface area contributed by atoms with E-state index in [2.05, 4.69) is 0 Å². The maximum atomic E-state index is 14.0. The average molecular weight is 243 g/mol. The fourth-order valence-electron chi connectivity index (χ4n) is 1.69. The molecule has 2 aromatic carbocycles. The van der Waals surface area contributed by atoms with Gasteiger partial charge in [0.1, 0.15) is 12.1 Å². The largest absolute Gasteiger partial charge is 0.366 e. The third-order valence-corrected chi connectivity index (χ3v) is 2.62. The first-order valence-corrected chi connectivity index (χ1v) is 5.27. The average Bonchev–Trinajstić information content (AvgIpc) is 2.39. The van der Waals surface area contributed by atoms with Gasteiger partial charge in [-0.15, -0.1) is 0 Å². The molecule has 0 bridgehead atoms. The smallest absolute Gasteiger partial charge is 0.251 e. The fourth-order valence-corrected chi connectivity index (χ4v) is 1.69. The molecule has 18 heavy (non-hydrogen) atoms. The lowest BCUT2D eigenvalue weighted by Crippen LogP contribution is -2.13. The summed E-state index contributed by atoms with van der Waals surface area (Å²) < 4.78 is 14.0. The number of carbonyl (C=O) groups is 2. The molecule has 2 rings (SSSR count). The molecule has 0 atom stereocenters. The standard InChI is InChI=1S/C14H10FNO2/c15-13-11(2-1-3-12(13)14(16)18)10-6-4-9(8-17)5-7-10/h1-8H,(H2,16,18). The van der Waals surface area contributed by atoms with Crippen LogP contribution in [-0.2, 0) is 0 Å². The molecule has 90 valence electrons. The number of hydrogen-bond donors (Lipinski definition) is 1. The van der Waals surface area contributed by atoms with Gasteiger partial charge in [-0.1, -0.05) is 36.4 Å². The zero-order valence-corrected chi connectivity index (χ0v) is 9.39. The molecule has 0 spiro atoms. The monoisotopic (exact) mass is 243 g/mol. The van der Waals surface area contributed by atoms with Crippen LogP contribution in [0.15, 0.2) is 42.5 Å². The lowest BCUT2D eigenvalue weighted by Gasteiger charge is -2.06. The number of aldehydes is 1. The number of halogens is 1. The van der Waals surface area contributed by atoms with Crippen molar-refractivity contribution in [2.24, 2.45) is 5.73 Å². The second kappa shape index (κ2) is 4.79. The fraction of sp³-hybridized carbons (Fsp3) is 0. The van der Waals surface area contributed by atoms with Crippen LogP contribution in [-0.4, -0.2) is 12.2 Å². The van der Waals surface area contributed by atoms with Gasteiger partial charge in [0.25, 0.3) is 5.91 Å². The summed E-state index contributed by atoms with van der Waals surface area (Å²) in [5.41, 5.74) is 6.31. The Morgan fingerprint density at radius 1 is 1.11 bits per heavy atom. The minimum atomic E-state index is -0.807. The number of benzene rings is 2. The van der Waals surface area contributed by atoms with Crippen LogP contribution in [0.5, 0.6) is 0 Å². The van der Waals surface area contributed by atoms with E-state index in [0.29, 0.717) is 17.4 Å². The summed E-state index contributed by atoms with van der Waals surface area (Å²) in [4.78, 5) is 21.6. The van der Waals surface area contributed by atoms with E-state index in [0.717, 1.165) is 0 Å². The van der Waals surface area contributed by atoms with Gasteiger partial charge in [0, 0.05) is 11.1 Å².